The van der Waals surface area contributed by atoms with Crippen molar-refractivity contribution in [3.63, 3.8) is 0 Å². The number of hydrogen-bond acceptors (Lipinski definition) is 2. The molecule has 1 aromatic rings. The van der Waals surface area contributed by atoms with Gasteiger partial charge in [-0.2, -0.15) is 0 Å². The maximum Gasteiger partial charge on any atom is 0.251 e. The zero-order valence-corrected chi connectivity index (χ0v) is 14.4. The van der Waals surface area contributed by atoms with Crippen LogP contribution in [0, 0.1) is 5.92 Å². The van der Waals surface area contributed by atoms with E-state index in [1.807, 2.05) is 12.1 Å². The Hall–Kier alpha value is -1.36. The van der Waals surface area contributed by atoms with E-state index < -0.39 is 0 Å². The van der Waals surface area contributed by atoms with E-state index in [9.17, 15) is 9.59 Å². The zero-order valence-electron chi connectivity index (χ0n) is 12.9. The lowest BCUT2D eigenvalue weighted by Crippen LogP contribution is -2.38. The van der Waals surface area contributed by atoms with E-state index in [1.54, 1.807) is 24.0 Å². The topological polar surface area (TPSA) is 49.4 Å². The molecule has 21 heavy (non-hydrogen) atoms. The average molecular weight is 355 g/mol. The van der Waals surface area contributed by atoms with Crippen LogP contribution in [0.5, 0.6) is 0 Å². The number of rotatable bonds is 7. The van der Waals surface area contributed by atoms with Gasteiger partial charge in [0, 0.05) is 36.6 Å². The van der Waals surface area contributed by atoms with Crippen LogP contribution in [-0.4, -0.2) is 36.3 Å². The Labute approximate surface area is 135 Å². The van der Waals surface area contributed by atoms with Crippen LogP contribution in [0.4, 0.5) is 0 Å². The molecule has 0 spiro atoms. The van der Waals surface area contributed by atoms with E-state index >= 15 is 0 Å². The van der Waals surface area contributed by atoms with E-state index in [-0.39, 0.29) is 11.8 Å². The van der Waals surface area contributed by atoms with E-state index in [0.717, 1.165) is 17.4 Å². The molecule has 0 saturated heterocycles. The molecule has 0 aliphatic rings. The highest BCUT2D eigenvalue weighted by atomic mass is 79.9. The summed E-state index contributed by atoms with van der Waals surface area (Å²) in [5.74, 6) is 0.485. The third-order valence-electron chi connectivity index (χ3n) is 3.18. The Kier molecular flexibility index (Phi) is 7.43. The second-order valence-electron chi connectivity index (χ2n) is 5.45. The van der Waals surface area contributed by atoms with Gasteiger partial charge >= 0.3 is 0 Å². The monoisotopic (exact) mass is 354 g/mol. The molecule has 0 fully saturated rings. The van der Waals surface area contributed by atoms with Gasteiger partial charge in [-0.1, -0.05) is 35.8 Å². The molecule has 0 unspecified atom stereocenters. The number of hydrogen-bond donors (Lipinski definition) is 1. The molecule has 1 rings (SSSR count). The highest BCUT2D eigenvalue weighted by Gasteiger charge is 2.10. The molecular formula is C16H23BrN2O2. The fourth-order valence-corrected chi connectivity index (χ4v) is 2.28. The third-order valence-corrected chi connectivity index (χ3v) is 3.67. The number of carbonyl (C=O) groups excluding carboxylic acids is 2. The number of carbonyl (C=O) groups is 2. The van der Waals surface area contributed by atoms with Crippen LogP contribution in [0.25, 0.3) is 0 Å². The van der Waals surface area contributed by atoms with Crippen molar-refractivity contribution in [3.8, 4) is 0 Å². The second kappa shape index (κ2) is 8.82. The first-order valence-corrected chi connectivity index (χ1v) is 7.98. The van der Waals surface area contributed by atoms with Crippen LogP contribution in [0.15, 0.2) is 28.7 Å². The lowest BCUT2D eigenvalue weighted by Gasteiger charge is -2.22. The molecule has 0 aromatic heterocycles. The van der Waals surface area contributed by atoms with E-state index in [0.29, 0.717) is 24.6 Å². The molecule has 1 aromatic carbocycles. The molecule has 0 heterocycles. The van der Waals surface area contributed by atoms with Crippen molar-refractivity contribution in [2.45, 2.75) is 27.2 Å². The number of amides is 2. The van der Waals surface area contributed by atoms with Crippen LogP contribution < -0.4 is 5.32 Å². The predicted octanol–water partition coefficient (Wildman–Crippen LogP) is 3.07. The number of halogens is 1. The molecule has 4 nitrogen and oxygen atoms in total. The normalized spacial score (nSPS) is 10.5. The summed E-state index contributed by atoms with van der Waals surface area (Å²) < 4.78 is 0.873. The summed E-state index contributed by atoms with van der Waals surface area (Å²) in [4.78, 5) is 25.3. The predicted molar refractivity (Wildman–Crippen MR) is 88.2 cm³/mol. The van der Waals surface area contributed by atoms with E-state index in [1.165, 1.54) is 0 Å². The molecule has 0 bridgehead atoms. The van der Waals surface area contributed by atoms with Gasteiger partial charge in [-0.15, -0.1) is 0 Å². The third kappa shape index (κ3) is 6.76. The largest absolute Gasteiger partial charge is 0.350 e. The van der Waals surface area contributed by atoms with E-state index in [4.69, 9.17) is 0 Å². The average Bonchev–Trinajstić information content (AvgIpc) is 2.41. The van der Waals surface area contributed by atoms with Crippen LogP contribution >= 0.6 is 15.9 Å². The smallest absolute Gasteiger partial charge is 0.251 e. The van der Waals surface area contributed by atoms with Crippen molar-refractivity contribution in [1.82, 2.24) is 10.2 Å². The molecule has 0 atom stereocenters. The lowest BCUT2D eigenvalue weighted by molar-refractivity contribution is -0.128. The van der Waals surface area contributed by atoms with Gasteiger partial charge in [0.25, 0.3) is 5.91 Å². The minimum atomic E-state index is -0.122. The first kappa shape index (κ1) is 17.7. The first-order valence-electron chi connectivity index (χ1n) is 7.19. The Morgan fingerprint density at radius 3 is 2.57 bits per heavy atom. The van der Waals surface area contributed by atoms with Gasteiger partial charge < -0.3 is 10.2 Å². The summed E-state index contributed by atoms with van der Waals surface area (Å²) >= 11 is 3.34. The van der Waals surface area contributed by atoms with Crippen LogP contribution in [0.2, 0.25) is 0 Å². The van der Waals surface area contributed by atoms with Crippen molar-refractivity contribution in [2.24, 2.45) is 5.92 Å². The van der Waals surface area contributed by atoms with Crippen LogP contribution in [-0.2, 0) is 4.79 Å². The Balaban J connectivity index is 2.43. The molecule has 0 radical (unpaired) electrons. The summed E-state index contributed by atoms with van der Waals surface area (Å²) in [5, 5.41) is 2.85. The standard InChI is InChI=1S/C16H23BrN2O2/c1-12(2)7-9-19(13(3)20)10-8-18-16(21)14-5-4-6-15(17)11-14/h4-6,11-12H,7-10H2,1-3H3,(H,18,21). The van der Waals surface area contributed by atoms with Gasteiger partial charge in [0.1, 0.15) is 0 Å². The van der Waals surface area contributed by atoms with Crippen molar-refractivity contribution in [1.29, 1.82) is 0 Å². The summed E-state index contributed by atoms with van der Waals surface area (Å²) in [5.41, 5.74) is 0.612. The quantitative estimate of drug-likeness (QED) is 0.817. The summed E-state index contributed by atoms with van der Waals surface area (Å²) in [6, 6.07) is 7.24. The van der Waals surface area contributed by atoms with Gasteiger partial charge in [-0.3, -0.25) is 9.59 Å². The van der Waals surface area contributed by atoms with Crippen LogP contribution in [0.1, 0.15) is 37.6 Å². The lowest BCUT2D eigenvalue weighted by atomic mass is 10.1. The van der Waals surface area contributed by atoms with Crippen LogP contribution in [0.3, 0.4) is 0 Å². The second-order valence-corrected chi connectivity index (χ2v) is 6.37. The van der Waals surface area contributed by atoms with Crippen molar-refractivity contribution in [3.05, 3.63) is 34.3 Å². The highest BCUT2D eigenvalue weighted by molar-refractivity contribution is 9.10. The molecule has 116 valence electrons. The molecule has 1 N–H and O–H groups in total. The molecule has 0 aliphatic heterocycles. The van der Waals surface area contributed by atoms with Gasteiger partial charge in [-0.05, 0) is 30.5 Å². The SMILES string of the molecule is CC(=O)N(CCNC(=O)c1cccc(Br)c1)CCC(C)C. The van der Waals surface area contributed by atoms with Gasteiger partial charge in [0.05, 0.1) is 0 Å². The van der Waals surface area contributed by atoms with Crippen molar-refractivity contribution >= 4 is 27.7 Å². The Morgan fingerprint density at radius 1 is 1.29 bits per heavy atom. The molecule has 5 heteroatoms. The minimum absolute atomic E-state index is 0.0485. The first-order chi connectivity index (χ1) is 9.90. The Morgan fingerprint density at radius 2 is 2.00 bits per heavy atom. The number of nitrogens with zero attached hydrogens (tertiary/aromatic N) is 1. The number of benzene rings is 1. The van der Waals surface area contributed by atoms with Crippen molar-refractivity contribution < 1.29 is 9.59 Å². The summed E-state index contributed by atoms with van der Waals surface area (Å²) in [7, 11) is 0. The molecular weight excluding hydrogens is 332 g/mol. The summed E-state index contributed by atoms with van der Waals surface area (Å²) in [6.45, 7) is 7.57. The maximum absolute atomic E-state index is 12.0. The molecule has 2 amide bonds. The minimum Gasteiger partial charge on any atom is -0.350 e. The fraction of sp³-hybridized carbons (Fsp3) is 0.500. The van der Waals surface area contributed by atoms with Crippen molar-refractivity contribution in [2.75, 3.05) is 19.6 Å². The number of nitrogens with one attached hydrogen (secondary N) is 1. The summed E-state index contributed by atoms with van der Waals surface area (Å²) in [6.07, 6.45) is 0.971. The maximum atomic E-state index is 12.0. The Bertz CT molecular complexity index is 489. The zero-order chi connectivity index (χ0) is 15.8. The van der Waals surface area contributed by atoms with E-state index in [2.05, 4.69) is 35.1 Å². The van der Waals surface area contributed by atoms with Gasteiger partial charge in [-0.25, -0.2) is 0 Å². The fourth-order valence-electron chi connectivity index (χ4n) is 1.88. The highest BCUT2D eigenvalue weighted by Crippen LogP contribution is 2.11. The van der Waals surface area contributed by atoms with Gasteiger partial charge in [0.15, 0.2) is 0 Å². The molecule has 0 aliphatic carbocycles. The molecule has 0 saturated carbocycles. The van der Waals surface area contributed by atoms with Gasteiger partial charge in [0.2, 0.25) is 5.91 Å².